The van der Waals surface area contributed by atoms with E-state index in [2.05, 4.69) is 18.7 Å². The molecule has 0 saturated carbocycles. The van der Waals surface area contributed by atoms with Gasteiger partial charge in [-0.3, -0.25) is 0 Å². The van der Waals surface area contributed by atoms with E-state index in [1.54, 1.807) is 19.3 Å². The fourth-order valence-electron chi connectivity index (χ4n) is 4.18. The molecule has 2 aromatic rings. The molecule has 29 heavy (non-hydrogen) atoms. The van der Waals surface area contributed by atoms with Crippen molar-refractivity contribution in [2.45, 2.75) is 25.7 Å². The van der Waals surface area contributed by atoms with Crippen molar-refractivity contribution in [3.63, 3.8) is 0 Å². The maximum Gasteiger partial charge on any atom is 0.163 e. The van der Waals surface area contributed by atoms with E-state index < -0.39 is 5.41 Å². The summed E-state index contributed by atoms with van der Waals surface area (Å²) in [6.07, 6.45) is 3.47. The summed E-state index contributed by atoms with van der Waals surface area (Å²) in [7, 11) is 4.66. The van der Waals surface area contributed by atoms with Gasteiger partial charge < -0.3 is 24.5 Å². The van der Waals surface area contributed by atoms with Gasteiger partial charge >= 0.3 is 0 Å². The second-order valence-electron chi connectivity index (χ2n) is 7.15. The summed E-state index contributed by atoms with van der Waals surface area (Å²) in [5, 5.41) is 7.67. The van der Waals surface area contributed by atoms with Crippen LogP contribution in [0.3, 0.4) is 0 Å². The molecule has 1 aliphatic rings. The molecule has 0 radical (unpaired) electrons. The number of benzene rings is 2. The lowest BCUT2D eigenvalue weighted by Crippen LogP contribution is -2.31. The number of rotatable bonds is 7. The highest BCUT2D eigenvalue weighted by Crippen LogP contribution is 2.51. The zero-order valence-electron chi connectivity index (χ0n) is 17.5. The monoisotopic (exact) mass is 398 g/mol. The third kappa shape index (κ3) is 3.43. The number of ether oxygens (including phenoxy) is 3. The van der Waals surface area contributed by atoms with E-state index in [1.807, 2.05) is 18.2 Å². The highest BCUT2D eigenvalue weighted by atomic mass is 19.1. The minimum Gasteiger partial charge on any atom is -0.497 e. The highest BCUT2D eigenvalue weighted by Gasteiger charge is 2.44. The van der Waals surface area contributed by atoms with E-state index in [4.69, 9.17) is 19.6 Å². The van der Waals surface area contributed by atoms with Crippen LogP contribution >= 0.6 is 0 Å². The molecule has 1 atom stereocenters. The molecule has 1 N–H and O–H groups in total. The van der Waals surface area contributed by atoms with Gasteiger partial charge in [0.25, 0.3) is 0 Å². The van der Waals surface area contributed by atoms with E-state index in [0.29, 0.717) is 23.5 Å². The first-order chi connectivity index (χ1) is 13.9. The molecule has 0 spiro atoms. The van der Waals surface area contributed by atoms with Crippen molar-refractivity contribution in [3.05, 3.63) is 59.0 Å². The second-order valence-corrected chi connectivity index (χ2v) is 7.15. The van der Waals surface area contributed by atoms with Crippen LogP contribution in [0.5, 0.6) is 17.2 Å². The van der Waals surface area contributed by atoms with Crippen LogP contribution in [-0.2, 0) is 11.8 Å². The quantitative estimate of drug-likeness (QED) is 0.686. The zero-order valence-corrected chi connectivity index (χ0v) is 17.5. The van der Waals surface area contributed by atoms with Gasteiger partial charge in [-0.15, -0.1) is 0 Å². The van der Waals surface area contributed by atoms with E-state index in [-0.39, 0.29) is 5.82 Å². The largest absolute Gasteiger partial charge is 0.497 e. The van der Waals surface area contributed by atoms with Gasteiger partial charge in [-0.1, -0.05) is 0 Å². The predicted molar refractivity (Wildman–Crippen MR) is 113 cm³/mol. The molecule has 3 rings (SSSR count). The van der Waals surface area contributed by atoms with Crippen LogP contribution in [0.1, 0.15) is 25.0 Å². The third-order valence-electron chi connectivity index (χ3n) is 5.60. The number of hydrogen-bond donors (Lipinski definition) is 1. The summed E-state index contributed by atoms with van der Waals surface area (Å²) in [5.41, 5.74) is 3.02. The Balaban J connectivity index is 2.18. The summed E-state index contributed by atoms with van der Waals surface area (Å²) in [4.78, 5) is 2.17. The van der Waals surface area contributed by atoms with Gasteiger partial charge in [-0.25, -0.2) is 4.39 Å². The summed E-state index contributed by atoms with van der Waals surface area (Å²) in [6, 6.07) is 8.99. The summed E-state index contributed by atoms with van der Waals surface area (Å²) in [6.45, 7) is 4.88. The maximum atomic E-state index is 15.0. The van der Waals surface area contributed by atoms with Crippen LogP contribution in [0.15, 0.2) is 42.1 Å². The molecular weight excluding hydrogens is 371 g/mol. The smallest absolute Gasteiger partial charge is 0.163 e. The van der Waals surface area contributed by atoms with Crippen molar-refractivity contribution < 1.29 is 18.6 Å². The predicted octanol–water partition coefficient (Wildman–Crippen LogP) is 4.73. The van der Waals surface area contributed by atoms with E-state index in [0.717, 1.165) is 29.2 Å². The van der Waals surface area contributed by atoms with Gasteiger partial charge in [-0.2, -0.15) is 0 Å². The molecule has 1 unspecified atom stereocenters. The second kappa shape index (κ2) is 8.15. The topological polar surface area (TPSA) is 54.8 Å². The Morgan fingerprint density at radius 3 is 2.34 bits per heavy atom. The Morgan fingerprint density at radius 2 is 1.76 bits per heavy atom. The van der Waals surface area contributed by atoms with Crippen LogP contribution in [0.25, 0.3) is 0 Å². The molecule has 0 amide bonds. The normalized spacial score (nSPS) is 19.2. The fourth-order valence-corrected chi connectivity index (χ4v) is 4.18. The molecule has 5 nitrogen and oxygen atoms in total. The van der Waals surface area contributed by atoms with Crippen molar-refractivity contribution in [1.29, 1.82) is 5.41 Å². The number of nitrogens with one attached hydrogen (secondary N) is 1. The van der Waals surface area contributed by atoms with Crippen LogP contribution in [0, 0.1) is 11.2 Å². The van der Waals surface area contributed by atoms with Crippen molar-refractivity contribution >= 4 is 11.9 Å². The summed E-state index contributed by atoms with van der Waals surface area (Å²) in [5.74, 6) is 1.24. The Labute approximate surface area is 171 Å². The van der Waals surface area contributed by atoms with E-state index >= 15 is 0 Å². The van der Waals surface area contributed by atoms with E-state index in [1.165, 1.54) is 26.5 Å². The number of anilines is 1. The number of allylic oxidation sites excluding steroid dienone is 2. The molecule has 2 aromatic carbocycles. The molecule has 1 aliphatic heterocycles. The third-order valence-corrected chi connectivity index (χ3v) is 5.60. The minimum absolute atomic E-state index is 0.350. The first-order valence-electron chi connectivity index (χ1n) is 9.51. The number of nitrogens with zero attached hydrogens (tertiary/aromatic N) is 1. The van der Waals surface area contributed by atoms with Gasteiger partial charge in [0, 0.05) is 35.6 Å². The number of methoxy groups -OCH3 is 3. The molecule has 0 saturated heterocycles. The molecule has 0 fully saturated rings. The average molecular weight is 398 g/mol. The van der Waals surface area contributed by atoms with Gasteiger partial charge in [0.2, 0.25) is 0 Å². The molecule has 154 valence electrons. The van der Waals surface area contributed by atoms with Gasteiger partial charge in [-0.05, 0) is 61.7 Å². The number of hydrogen-bond acceptors (Lipinski definition) is 5. The molecule has 0 aliphatic carbocycles. The van der Waals surface area contributed by atoms with Crippen LogP contribution in [0.2, 0.25) is 0 Å². The molecule has 0 aromatic heterocycles. The van der Waals surface area contributed by atoms with Gasteiger partial charge in [0.1, 0.15) is 11.6 Å². The van der Waals surface area contributed by atoms with E-state index in [9.17, 15) is 4.39 Å². The Bertz CT molecular complexity index is 957. The van der Waals surface area contributed by atoms with Crippen LogP contribution in [0.4, 0.5) is 10.1 Å². The highest BCUT2D eigenvalue weighted by molar-refractivity contribution is 5.79. The average Bonchev–Trinajstić information content (AvgIpc) is 2.96. The number of halogens is 1. The molecular formula is C23H27FN2O3. The van der Waals surface area contributed by atoms with Crippen LogP contribution in [-0.4, -0.2) is 34.1 Å². The summed E-state index contributed by atoms with van der Waals surface area (Å²) >= 11 is 0. The van der Waals surface area contributed by atoms with Crippen molar-refractivity contribution in [2.75, 3.05) is 32.8 Å². The Morgan fingerprint density at radius 1 is 1.07 bits per heavy atom. The zero-order chi connectivity index (χ0) is 21.2. The minimum atomic E-state index is -0.544. The molecule has 6 heteroatoms. The molecule has 0 bridgehead atoms. The Kier molecular flexibility index (Phi) is 5.82. The lowest BCUT2D eigenvalue weighted by Gasteiger charge is -2.30. The van der Waals surface area contributed by atoms with Gasteiger partial charge in [0.05, 0.1) is 21.3 Å². The lowest BCUT2D eigenvalue weighted by atomic mass is 9.76. The first-order valence-corrected chi connectivity index (χ1v) is 9.51. The lowest BCUT2D eigenvalue weighted by molar-refractivity contribution is 0.351. The number of likely N-dealkylation sites (N-methyl/N-ethyl adjacent to an activating group) is 1. The maximum absolute atomic E-state index is 15.0. The molecule has 1 heterocycles. The first kappa shape index (κ1) is 20.7. The summed E-state index contributed by atoms with van der Waals surface area (Å²) < 4.78 is 31.0. The van der Waals surface area contributed by atoms with Crippen molar-refractivity contribution in [3.8, 4) is 17.2 Å². The van der Waals surface area contributed by atoms with Crippen molar-refractivity contribution in [1.82, 2.24) is 0 Å². The standard InChI is InChI=1S/C23H27FN2O3/c1-6-26-19-8-7-16(27-3)12-17(19)23(2,22(26)9-10-25)14-15-11-20(28-4)21(29-5)13-18(15)24/h7-13,25H,6,14H2,1-5H3/b22-9-,25-10?. The number of fused-ring (bicyclic) bond motifs is 1. The van der Waals surface area contributed by atoms with Crippen LogP contribution < -0.4 is 19.1 Å². The van der Waals surface area contributed by atoms with Gasteiger partial charge in [0.15, 0.2) is 11.5 Å². The fraction of sp³-hybridized carbons (Fsp3) is 0.348. The Hall–Kier alpha value is -3.02. The van der Waals surface area contributed by atoms with Crippen molar-refractivity contribution in [2.24, 2.45) is 0 Å². The SMILES string of the molecule is CCN1/C(=C\C=N)C(C)(Cc2cc(OC)c(OC)cc2F)c2cc(OC)ccc21.